The van der Waals surface area contributed by atoms with E-state index in [4.69, 9.17) is 0 Å². The van der Waals surface area contributed by atoms with Crippen molar-refractivity contribution in [3.05, 3.63) is 0 Å². The van der Waals surface area contributed by atoms with Gasteiger partial charge in [-0.2, -0.15) is 0 Å². The molecule has 31 heavy (non-hydrogen) atoms. The van der Waals surface area contributed by atoms with Crippen LogP contribution in [0.15, 0.2) is 0 Å². The monoisotopic (exact) mass is 514 g/mol. The highest BCUT2D eigenvalue weighted by Gasteiger charge is 2.21. The Morgan fingerprint density at radius 1 is 0.742 bits per heavy atom. The molecule has 0 aliphatic heterocycles. The quantitative estimate of drug-likeness (QED) is 0.159. The van der Waals surface area contributed by atoms with E-state index in [1.165, 1.54) is 35.4 Å². The Labute approximate surface area is 200 Å². The minimum absolute atomic E-state index is 0.265. The van der Waals surface area contributed by atoms with Crippen LogP contribution in [0.1, 0.15) is 53.4 Å². The van der Waals surface area contributed by atoms with Crippen LogP contribution < -0.4 is 10.6 Å². The van der Waals surface area contributed by atoms with E-state index in [1.807, 2.05) is 0 Å². The molecule has 0 aromatic heterocycles. The van der Waals surface area contributed by atoms with Gasteiger partial charge in [0, 0.05) is 36.4 Å². The second-order valence-corrected chi connectivity index (χ2v) is 12.7. The molecule has 3 atom stereocenters. The second-order valence-electron chi connectivity index (χ2n) is 7.43. The zero-order chi connectivity index (χ0) is 23.8. The molecule has 0 heterocycles. The number of carbonyl (C=O) groups is 4. The van der Waals surface area contributed by atoms with Gasteiger partial charge in [-0.15, -0.1) is 0 Å². The third-order valence-corrected chi connectivity index (χ3v) is 9.53. The van der Waals surface area contributed by atoms with Gasteiger partial charge in [-0.05, 0) is 12.3 Å². The van der Waals surface area contributed by atoms with Gasteiger partial charge in [-0.25, -0.2) is 9.59 Å². The molecule has 12 heteroatoms. The van der Waals surface area contributed by atoms with Crippen molar-refractivity contribution < 1.29 is 29.4 Å². The summed E-state index contributed by atoms with van der Waals surface area (Å²) in [6.07, 6.45) is 4.33. The molecule has 0 spiro atoms. The molecule has 0 aromatic carbocycles. The lowest BCUT2D eigenvalue weighted by molar-refractivity contribution is -0.141. The molecule has 0 aromatic rings. The van der Waals surface area contributed by atoms with E-state index in [1.54, 1.807) is 21.6 Å². The number of hydrogen-bond donors (Lipinski definition) is 4. The predicted molar refractivity (Wildman–Crippen MR) is 133 cm³/mol. The molecule has 2 amide bonds. The fourth-order valence-electron chi connectivity index (χ4n) is 2.37. The van der Waals surface area contributed by atoms with E-state index in [0.717, 1.165) is 31.4 Å². The van der Waals surface area contributed by atoms with E-state index in [2.05, 4.69) is 24.5 Å². The zero-order valence-electron chi connectivity index (χ0n) is 18.4. The van der Waals surface area contributed by atoms with E-state index in [9.17, 15) is 29.4 Å². The van der Waals surface area contributed by atoms with Gasteiger partial charge < -0.3 is 20.8 Å². The van der Waals surface area contributed by atoms with Crippen LogP contribution in [0.5, 0.6) is 0 Å². The van der Waals surface area contributed by atoms with Crippen LogP contribution in [0.4, 0.5) is 0 Å². The number of amides is 2. The molecule has 0 saturated heterocycles. The first kappa shape index (κ1) is 30.3. The largest absolute Gasteiger partial charge is 0.480 e. The van der Waals surface area contributed by atoms with Crippen LogP contribution >= 0.6 is 43.2 Å². The highest BCUT2D eigenvalue weighted by Crippen LogP contribution is 2.36. The van der Waals surface area contributed by atoms with Gasteiger partial charge in [-0.3, -0.25) is 9.59 Å². The van der Waals surface area contributed by atoms with Crippen molar-refractivity contribution in [1.82, 2.24) is 10.6 Å². The topological polar surface area (TPSA) is 133 Å². The number of rotatable bonds is 18. The smallest absolute Gasteiger partial charge is 0.327 e. The minimum atomic E-state index is -1.06. The van der Waals surface area contributed by atoms with Gasteiger partial charge >= 0.3 is 11.9 Å². The molecule has 0 fully saturated rings. The third-order valence-electron chi connectivity index (χ3n) is 3.92. The van der Waals surface area contributed by atoms with E-state index < -0.39 is 24.0 Å². The van der Waals surface area contributed by atoms with E-state index in [0.29, 0.717) is 5.92 Å². The van der Waals surface area contributed by atoms with Crippen LogP contribution in [0, 0.1) is 5.92 Å². The Bertz CT molecular complexity index is 580. The third kappa shape index (κ3) is 17.5. The first-order valence-electron chi connectivity index (χ1n) is 10.0. The molecule has 0 saturated carbocycles. The summed E-state index contributed by atoms with van der Waals surface area (Å²) in [6, 6.07) is -1.84. The average Bonchev–Trinajstić information content (AvgIpc) is 2.64. The molecule has 0 bridgehead atoms. The van der Waals surface area contributed by atoms with Crippen molar-refractivity contribution in [2.24, 2.45) is 5.92 Å². The number of carboxylic acid groups (broad SMARTS) is 2. The summed E-state index contributed by atoms with van der Waals surface area (Å²) in [7, 11) is 6.00. The standard InChI is InChI=1S/C19H34N2O6S4/c1-12(2)7-5-6-8-15(31-30-11-17(19(26)27)21-14(4)23)9-28-29-10-16(18(24)25)20-13(3)22/h12,15-17H,5-11H2,1-4H3,(H,20,22)(H,21,23)(H,24,25)(H,26,27)/t15-,16+,17+/m1/s1. The molecule has 180 valence electrons. The van der Waals surface area contributed by atoms with Crippen LogP contribution in [-0.2, 0) is 19.2 Å². The lowest BCUT2D eigenvalue weighted by Gasteiger charge is -2.18. The molecule has 4 N–H and O–H groups in total. The van der Waals surface area contributed by atoms with Crippen LogP contribution in [0.2, 0.25) is 0 Å². The van der Waals surface area contributed by atoms with Crippen molar-refractivity contribution in [3.63, 3.8) is 0 Å². The molecule has 8 nitrogen and oxygen atoms in total. The first-order chi connectivity index (χ1) is 14.5. The molecule has 0 aliphatic carbocycles. The second kappa shape index (κ2) is 17.8. The lowest BCUT2D eigenvalue weighted by atomic mass is 10.0. The molecule has 0 aliphatic rings. The SMILES string of the molecule is CC(=O)N[C@@H](CSSC[C@@H](CCCCC(C)C)SSC[C@H](NC(C)=O)C(=O)O)C(=O)O. The Morgan fingerprint density at radius 3 is 1.65 bits per heavy atom. The number of hydrogen-bond acceptors (Lipinski definition) is 8. The van der Waals surface area contributed by atoms with E-state index in [-0.39, 0.29) is 28.6 Å². The first-order valence-corrected chi connectivity index (χ1v) is 14.9. The van der Waals surface area contributed by atoms with Crippen LogP contribution in [0.3, 0.4) is 0 Å². The van der Waals surface area contributed by atoms with Gasteiger partial charge in [0.15, 0.2) is 0 Å². The van der Waals surface area contributed by atoms with Crippen molar-refractivity contribution in [2.75, 3.05) is 17.3 Å². The van der Waals surface area contributed by atoms with Gasteiger partial charge in [0.25, 0.3) is 0 Å². The molecular weight excluding hydrogens is 480 g/mol. The van der Waals surface area contributed by atoms with Crippen LogP contribution in [0.25, 0.3) is 0 Å². The minimum Gasteiger partial charge on any atom is -0.480 e. The lowest BCUT2D eigenvalue weighted by Crippen LogP contribution is -2.41. The normalized spacial score (nSPS) is 14.0. The maximum atomic E-state index is 11.3. The predicted octanol–water partition coefficient (Wildman–Crippen LogP) is 3.51. The zero-order valence-corrected chi connectivity index (χ0v) is 21.7. The number of carboxylic acids is 2. The summed E-state index contributed by atoms with van der Waals surface area (Å²) in [5.41, 5.74) is 0. The van der Waals surface area contributed by atoms with Crippen LogP contribution in [-0.4, -0.2) is 68.6 Å². The van der Waals surface area contributed by atoms with E-state index >= 15 is 0 Å². The Morgan fingerprint density at radius 2 is 1.19 bits per heavy atom. The summed E-state index contributed by atoms with van der Waals surface area (Å²) < 4.78 is 0. The Hall–Kier alpha value is -0.720. The van der Waals surface area contributed by atoms with Crippen molar-refractivity contribution in [3.8, 4) is 0 Å². The van der Waals surface area contributed by atoms with Gasteiger partial charge in [0.05, 0.1) is 0 Å². The molecule has 0 unspecified atom stereocenters. The van der Waals surface area contributed by atoms with Crippen molar-refractivity contribution in [2.45, 2.75) is 70.7 Å². The van der Waals surface area contributed by atoms with Gasteiger partial charge in [0.1, 0.15) is 12.1 Å². The molecule has 0 radical (unpaired) electrons. The summed E-state index contributed by atoms with van der Waals surface area (Å²) in [4.78, 5) is 44.8. The summed E-state index contributed by atoms with van der Waals surface area (Å²) in [5.74, 6) is -0.905. The Kier molecular flexibility index (Phi) is 17.4. The highest BCUT2D eigenvalue weighted by atomic mass is 33.1. The maximum Gasteiger partial charge on any atom is 0.327 e. The number of aliphatic carboxylic acids is 2. The highest BCUT2D eigenvalue weighted by molar-refractivity contribution is 8.78. The number of unbranched alkanes of at least 4 members (excludes halogenated alkanes) is 1. The van der Waals surface area contributed by atoms with Gasteiger partial charge in [-0.1, -0.05) is 76.3 Å². The van der Waals surface area contributed by atoms with Crippen molar-refractivity contribution >= 4 is 66.9 Å². The molecular formula is C19H34N2O6S4. The molecule has 0 rings (SSSR count). The maximum absolute atomic E-state index is 11.3. The van der Waals surface area contributed by atoms with Gasteiger partial charge in [0.2, 0.25) is 11.8 Å². The van der Waals surface area contributed by atoms with Crippen molar-refractivity contribution in [1.29, 1.82) is 0 Å². The summed E-state index contributed by atoms with van der Waals surface area (Å²) >= 11 is 0. The average molecular weight is 515 g/mol. The number of carbonyl (C=O) groups excluding carboxylic acids is 2. The fraction of sp³-hybridized carbons (Fsp3) is 0.789. The summed E-state index contributed by atoms with van der Waals surface area (Å²) in [5, 5.41) is 23.5. The summed E-state index contributed by atoms with van der Waals surface area (Å²) in [6.45, 7) is 6.97. The fourth-order valence-corrected chi connectivity index (χ4v) is 8.31. The number of nitrogens with one attached hydrogen (secondary N) is 2. The Balaban J connectivity index is 4.56.